The first-order valence-electron chi connectivity index (χ1n) is 6.69. The van der Waals surface area contributed by atoms with Crippen LogP contribution in [0.2, 0.25) is 0 Å². The van der Waals surface area contributed by atoms with E-state index in [1.165, 1.54) is 12.7 Å². The summed E-state index contributed by atoms with van der Waals surface area (Å²) in [5, 5.41) is 2.86. The summed E-state index contributed by atoms with van der Waals surface area (Å²) in [5.41, 5.74) is 3.21. The van der Waals surface area contributed by atoms with Gasteiger partial charge in [0.15, 0.2) is 0 Å². The van der Waals surface area contributed by atoms with E-state index in [1.54, 1.807) is 11.3 Å². The van der Waals surface area contributed by atoms with Gasteiger partial charge in [-0.1, -0.05) is 38.1 Å². The van der Waals surface area contributed by atoms with Crippen LogP contribution in [0.5, 0.6) is 0 Å². The number of thiazole rings is 1. The number of rotatable bonds is 5. The lowest BCUT2D eigenvalue weighted by Crippen LogP contribution is -2.04. The van der Waals surface area contributed by atoms with Crippen molar-refractivity contribution in [1.29, 1.82) is 0 Å². The fraction of sp³-hybridized carbons (Fsp3) is 0.375. The van der Waals surface area contributed by atoms with E-state index in [9.17, 15) is 4.79 Å². The zero-order valence-corrected chi connectivity index (χ0v) is 12.9. The highest BCUT2D eigenvalue weighted by atomic mass is 32.1. The van der Waals surface area contributed by atoms with Crippen molar-refractivity contribution in [2.24, 2.45) is 5.92 Å². The molecule has 0 fully saturated rings. The lowest BCUT2D eigenvalue weighted by atomic mass is 10.0. The number of carbonyl (C=O) groups is 1. The molecule has 106 valence electrons. The molecule has 0 bridgehead atoms. The van der Waals surface area contributed by atoms with Crippen molar-refractivity contribution in [2.75, 3.05) is 7.11 Å². The maximum atomic E-state index is 11.2. The second kappa shape index (κ2) is 6.66. The third-order valence-corrected chi connectivity index (χ3v) is 3.89. The predicted molar refractivity (Wildman–Crippen MR) is 81.8 cm³/mol. The highest BCUT2D eigenvalue weighted by Crippen LogP contribution is 2.24. The number of ether oxygens (including phenoxy) is 1. The maximum Gasteiger partial charge on any atom is 0.311 e. The molecule has 1 heterocycles. The van der Waals surface area contributed by atoms with Gasteiger partial charge in [-0.25, -0.2) is 4.98 Å². The Morgan fingerprint density at radius 3 is 2.60 bits per heavy atom. The van der Waals surface area contributed by atoms with Crippen LogP contribution in [0.15, 0.2) is 29.6 Å². The zero-order valence-electron chi connectivity index (χ0n) is 12.1. The SMILES string of the molecule is COC(=O)Cc1csc(-c2ccc(CC(C)C)cc2)n1. The molecule has 2 rings (SSSR count). The molecule has 1 aromatic carbocycles. The number of hydrogen-bond donors (Lipinski definition) is 0. The molecular formula is C16H19NO2S. The summed E-state index contributed by atoms with van der Waals surface area (Å²) in [7, 11) is 1.39. The third kappa shape index (κ3) is 3.90. The Morgan fingerprint density at radius 1 is 1.30 bits per heavy atom. The van der Waals surface area contributed by atoms with Gasteiger partial charge in [0.1, 0.15) is 5.01 Å². The highest BCUT2D eigenvalue weighted by Gasteiger charge is 2.09. The minimum absolute atomic E-state index is 0.235. The van der Waals surface area contributed by atoms with Crippen molar-refractivity contribution in [2.45, 2.75) is 26.7 Å². The Hall–Kier alpha value is -1.68. The zero-order chi connectivity index (χ0) is 14.5. The highest BCUT2D eigenvalue weighted by molar-refractivity contribution is 7.13. The van der Waals surface area contributed by atoms with Crippen molar-refractivity contribution < 1.29 is 9.53 Å². The molecule has 0 spiro atoms. The number of nitrogens with zero attached hydrogens (tertiary/aromatic N) is 1. The molecule has 2 aromatic rings. The Morgan fingerprint density at radius 2 is 2.00 bits per heavy atom. The van der Waals surface area contributed by atoms with Gasteiger partial charge in [0.25, 0.3) is 0 Å². The van der Waals surface area contributed by atoms with Crippen LogP contribution in [0.25, 0.3) is 10.6 Å². The fourth-order valence-corrected chi connectivity index (χ4v) is 2.82. The predicted octanol–water partition coefficient (Wildman–Crippen LogP) is 3.72. The largest absolute Gasteiger partial charge is 0.469 e. The van der Waals surface area contributed by atoms with Gasteiger partial charge in [0.2, 0.25) is 0 Å². The number of methoxy groups -OCH3 is 1. The summed E-state index contributed by atoms with van der Waals surface area (Å²) in [6.07, 6.45) is 1.32. The standard InChI is InChI=1S/C16H19NO2S/c1-11(2)8-12-4-6-13(7-5-12)16-17-14(10-20-16)9-15(18)19-3/h4-7,10-11H,8-9H2,1-3H3. The van der Waals surface area contributed by atoms with Crippen LogP contribution < -0.4 is 0 Å². The van der Waals surface area contributed by atoms with Crippen molar-refractivity contribution in [1.82, 2.24) is 4.98 Å². The summed E-state index contributed by atoms with van der Waals surface area (Å²) < 4.78 is 4.65. The smallest absolute Gasteiger partial charge is 0.311 e. The summed E-state index contributed by atoms with van der Waals surface area (Å²) in [4.78, 5) is 15.7. The molecule has 3 nitrogen and oxygen atoms in total. The van der Waals surface area contributed by atoms with Crippen LogP contribution >= 0.6 is 11.3 Å². The quantitative estimate of drug-likeness (QED) is 0.787. The average Bonchev–Trinajstić information content (AvgIpc) is 2.87. The molecule has 4 heteroatoms. The van der Waals surface area contributed by atoms with Gasteiger partial charge in [-0.3, -0.25) is 4.79 Å². The molecule has 0 aliphatic rings. The fourth-order valence-electron chi connectivity index (χ4n) is 2.00. The van der Waals surface area contributed by atoms with Crippen LogP contribution in [0.4, 0.5) is 0 Å². The summed E-state index contributed by atoms with van der Waals surface area (Å²) in [6.45, 7) is 4.43. The minimum atomic E-state index is -0.255. The van der Waals surface area contributed by atoms with Gasteiger partial charge in [-0.05, 0) is 17.9 Å². The van der Waals surface area contributed by atoms with Crippen LogP contribution in [-0.2, 0) is 22.4 Å². The van der Waals surface area contributed by atoms with Crippen molar-refractivity contribution in [3.8, 4) is 10.6 Å². The first-order valence-corrected chi connectivity index (χ1v) is 7.57. The first-order chi connectivity index (χ1) is 9.58. The number of aromatic nitrogens is 1. The van der Waals surface area contributed by atoms with E-state index in [-0.39, 0.29) is 12.4 Å². The molecular weight excluding hydrogens is 270 g/mol. The van der Waals surface area contributed by atoms with E-state index in [0.717, 1.165) is 22.7 Å². The molecule has 0 aliphatic carbocycles. The maximum absolute atomic E-state index is 11.2. The van der Waals surface area contributed by atoms with Gasteiger partial charge in [0.05, 0.1) is 19.2 Å². The first kappa shape index (κ1) is 14.7. The Kier molecular flexibility index (Phi) is 4.90. The molecule has 0 aliphatic heterocycles. The van der Waals surface area contributed by atoms with Gasteiger partial charge >= 0.3 is 5.97 Å². The second-order valence-corrected chi connectivity index (χ2v) is 6.05. The topological polar surface area (TPSA) is 39.2 Å². The van der Waals surface area contributed by atoms with Crippen molar-refractivity contribution >= 4 is 17.3 Å². The number of benzene rings is 1. The van der Waals surface area contributed by atoms with Gasteiger partial charge in [-0.2, -0.15) is 0 Å². The molecule has 1 aromatic heterocycles. The van der Waals surface area contributed by atoms with E-state index >= 15 is 0 Å². The summed E-state index contributed by atoms with van der Waals surface area (Å²) >= 11 is 1.56. The molecule has 0 saturated carbocycles. The third-order valence-electron chi connectivity index (χ3n) is 2.95. The Bertz CT molecular complexity index is 572. The Labute approximate surface area is 123 Å². The monoisotopic (exact) mass is 289 g/mol. The molecule has 0 saturated heterocycles. The number of esters is 1. The lowest BCUT2D eigenvalue weighted by Gasteiger charge is -2.05. The molecule has 0 amide bonds. The van der Waals surface area contributed by atoms with E-state index in [1.807, 2.05) is 5.38 Å². The average molecular weight is 289 g/mol. The van der Waals surface area contributed by atoms with Gasteiger partial charge in [0, 0.05) is 10.9 Å². The molecule has 0 unspecified atom stereocenters. The lowest BCUT2D eigenvalue weighted by molar-refractivity contribution is -0.139. The summed E-state index contributed by atoms with van der Waals surface area (Å²) in [6, 6.07) is 8.49. The molecule has 20 heavy (non-hydrogen) atoms. The van der Waals surface area contributed by atoms with Gasteiger partial charge < -0.3 is 4.74 Å². The normalized spacial score (nSPS) is 10.8. The molecule has 0 atom stereocenters. The van der Waals surface area contributed by atoms with E-state index in [4.69, 9.17) is 0 Å². The molecule has 0 radical (unpaired) electrons. The minimum Gasteiger partial charge on any atom is -0.469 e. The van der Waals surface area contributed by atoms with Crippen molar-refractivity contribution in [3.63, 3.8) is 0 Å². The van der Waals surface area contributed by atoms with E-state index in [0.29, 0.717) is 5.92 Å². The van der Waals surface area contributed by atoms with Crippen LogP contribution in [0.3, 0.4) is 0 Å². The second-order valence-electron chi connectivity index (χ2n) is 5.19. The van der Waals surface area contributed by atoms with Crippen LogP contribution in [0, 0.1) is 5.92 Å². The van der Waals surface area contributed by atoms with E-state index < -0.39 is 0 Å². The van der Waals surface area contributed by atoms with Gasteiger partial charge in [-0.15, -0.1) is 11.3 Å². The number of hydrogen-bond acceptors (Lipinski definition) is 4. The summed E-state index contributed by atoms with van der Waals surface area (Å²) in [5.74, 6) is 0.404. The van der Waals surface area contributed by atoms with Crippen LogP contribution in [0.1, 0.15) is 25.1 Å². The number of carbonyl (C=O) groups excluding carboxylic acids is 1. The van der Waals surface area contributed by atoms with Crippen LogP contribution in [-0.4, -0.2) is 18.1 Å². The Balaban J connectivity index is 2.10. The van der Waals surface area contributed by atoms with E-state index in [2.05, 4.69) is 47.8 Å². The molecule has 0 N–H and O–H groups in total. The van der Waals surface area contributed by atoms with Crippen molar-refractivity contribution in [3.05, 3.63) is 40.9 Å².